The van der Waals surface area contributed by atoms with Gasteiger partial charge in [-0.1, -0.05) is 80.2 Å². The number of allylic oxidation sites excluding steroid dienone is 2. The molecule has 0 radical (unpaired) electrons. The molecule has 0 saturated carbocycles. The maximum atomic E-state index is 10.7. The third-order valence-electron chi connectivity index (χ3n) is 7.61. The van der Waals surface area contributed by atoms with Crippen molar-refractivity contribution in [1.29, 1.82) is 0 Å². The van der Waals surface area contributed by atoms with Crippen LogP contribution in [0.3, 0.4) is 0 Å². The second-order valence-electron chi connectivity index (χ2n) is 11.8. The van der Waals surface area contributed by atoms with Crippen LogP contribution in [-0.2, 0) is 4.43 Å². The zero-order valence-corrected chi connectivity index (χ0v) is 23.6. The Labute approximate surface area is 200 Å². The lowest BCUT2D eigenvalue weighted by Crippen LogP contribution is -2.48. The van der Waals surface area contributed by atoms with Crippen molar-refractivity contribution < 1.29 is 19.7 Å². The van der Waals surface area contributed by atoms with Crippen LogP contribution in [0.25, 0.3) is 0 Å². The minimum absolute atomic E-state index is 0.0247. The molecule has 0 aliphatic rings. The lowest BCUT2D eigenvalue weighted by molar-refractivity contribution is -0.00313. The normalized spacial score (nSPS) is 20.9. The van der Waals surface area contributed by atoms with Crippen LogP contribution in [0.1, 0.15) is 74.7 Å². The summed E-state index contributed by atoms with van der Waals surface area (Å²) in [4.78, 5) is 0. The molecule has 32 heavy (non-hydrogen) atoms. The first-order chi connectivity index (χ1) is 14.6. The Morgan fingerprint density at radius 1 is 0.969 bits per heavy atom. The van der Waals surface area contributed by atoms with E-state index in [0.717, 1.165) is 12.8 Å². The molecule has 3 N–H and O–H groups in total. The van der Waals surface area contributed by atoms with Gasteiger partial charge in [-0.25, -0.2) is 0 Å². The van der Waals surface area contributed by atoms with E-state index in [1.807, 2.05) is 26.0 Å². The fourth-order valence-corrected chi connectivity index (χ4v) is 5.59. The SMILES string of the molecule is C=C/C=C\[C@H](C)[C@H](O)[C@@H](C)[C@H](O)CC[C@H](C)C[C@H](C)[C@@H](O[Si](C)(C)C(C)(C)C)[C@@H](C)CO. The molecule has 0 aromatic rings. The van der Waals surface area contributed by atoms with Crippen LogP contribution in [0.2, 0.25) is 18.1 Å². The molecule has 0 spiro atoms. The van der Waals surface area contributed by atoms with Gasteiger partial charge < -0.3 is 19.7 Å². The summed E-state index contributed by atoms with van der Waals surface area (Å²) in [5, 5.41) is 31.2. The first-order valence-corrected chi connectivity index (χ1v) is 15.4. The number of hydrogen-bond acceptors (Lipinski definition) is 4. The van der Waals surface area contributed by atoms with Crippen molar-refractivity contribution in [2.45, 2.75) is 111 Å². The van der Waals surface area contributed by atoms with Crippen LogP contribution in [0.15, 0.2) is 24.8 Å². The Balaban J connectivity index is 4.94. The molecule has 0 unspecified atom stereocenters. The molecule has 5 heteroatoms. The number of hydrogen-bond donors (Lipinski definition) is 3. The van der Waals surface area contributed by atoms with E-state index in [0.29, 0.717) is 18.3 Å². The highest BCUT2D eigenvalue weighted by Gasteiger charge is 2.41. The molecule has 0 heterocycles. The minimum atomic E-state index is -1.94. The fourth-order valence-electron chi connectivity index (χ4n) is 4.09. The van der Waals surface area contributed by atoms with Gasteiger partial charge >= 0.3 is 0 Å². The van der Waals surface area contributed by atoms with E-state index in [2.05, 4.69) is 61.2 Å². The molecule has 0 aliphatic heterocycles. The molecule has 0 fully saturated rings. The largest absolute Gasteiger partial charge is 0.413 e. The van der Waals surface area contributed by atoms with E-state index in [9.17, 15) is 15.3 Å². The van der Waals surface area contributed by atoms with E-state index in [1.165, 1.54) is 0 Å². The van der Waals surface area contributed by atoms with E-state index in [1.54, 1.807) is 6.08 Å². The van der Waals surface area contributed by atoms with Crippen molar-refractivity contribution in [3.8, 4) is 0 Å². The summed E-state index contributed by atoms with van der Waals surface area (Å²) >= 11 is 0. The van der Waals surface area contributed by atoms with Gasteiger partial charge in [-0.15, -0.1) is 0 Å². The summed E-state index contributed by atoms with van der Waals surface area (Å²) in [6, 6.07) is 0. The maximum absolute atomic E-state index is 10.7. The van der Waals surface area contributed by atoms with Gasteiger partial charge in [0, 0.05) is 24.4 Å². The number of aliphatic hydroxyl groups excluding tert-OH is 3. The fraction of sp³-hybridized carbons (Fsp3) is 0.852. The predicted molar refractivity (Wildman–Crippen MR) is 140 cm³/mol. The van der Waals surface area contributed by atoms with Gasteiger partial charge in [0.2, 0.25) is 0 Å². The quantitative estimate of drug-likeness (QED) is 0.197. The van der Waals surface area contributed by atoms with Gasteiger partial charge in [0.25, 0.3) is 0 Å². The van der Waals surface area contributed by atoms with E-state index >= 15 is 0 Å². The summed E-state index contributed by atoms with van der Waals surface area (Å²) in [5.74, 6) is 0.637. The van der Waals surface area contributed by atoms with E-state index in [-0.39, 0.29) is 35.5 Å². The van der Waals surface area contributed by atoms with Gasteiger partial charge in [-0.05, 0) is 49.2 Å². The van der Waals surface area contributed by atoms with Crippen molar-refractivity contribution in [2.75, 3.05) is 6.61 Å². The van der Waals surface area contributed by atoms with Crippen LogP contribution in [0.4, 0.5) is 0 Å². The van der Waals surface area contributed by atoms with Gasteiger partial charge in [0.15, 0.2) is 8.32 Å². The Kier molecular flexibility index (Phi) is 13.9. The summed E-state index contributed by atoms with van der Waals surface area (Å²) in [5.41, 5.74) is 0. The Hall–Kier alpha value is -0.463. The predicted octanol–water partition coefficient (Wildman–Crippen LogP) is 6.18. The van der Waals surface area contributed by atoms with Crippen LogP contribution in [0.5, 0.6) is 0 Å². The summed E-state index contributed by atoms with van der Waals surface area (Å²) in [6.45, 7) is 25.5. The van der Waals surface area contributed by atoms with E-state index in [4.69, 9.17) is 4.43 Å². The molecule has 0 aromatic heterocycles. The molecule has 0 saturated heterocycles. The second-order valence-corrected chi connectivity index (χ2v) is 16.6. The zero-order valence-electron chi connectivity index (χ0n) is 22.6. The smallest absolute Gasteiger partial charge is 0.192 e. The molecular formula is C27H54O4Si. The van der Waals surface area contributed by atoms with Crippen molar-refractivity contribution in [1.82, 2.24) is 0 Å². The highest BCUT2D eigenvalue weighted by molar-refractivity contribution is 6.74. The van der Waals surface area contributed by atoms with E-state index < -0.39 is 20.5 Å². The summed E-state index contributed by atoms with van der Waals surface area (Å²) < 4.78 is 6.75. The third kappa shape index (κ3) is 10.2. The van der Waals surface area contributed by atoms with Gasteiger partial charge in [0.1, 0.15) is 0 Å². The standard InChI is InChI=1S/C27H54O4Si/c1-12-13-14-20(3)25(30)23(6)24(29)16-15-19(2)17-21(4)26(22(5)18-28)31-32(10,11)27(7,8)9/h12-14,19-26,28-30H,1,15-18H2,2-11H3/b14-13-/t19-,20-,21-,22-,23-,24+,25-,26+/m0/s1. The van der Waals surface area contributed by atoms with Crippen molar-refractivity contribution in [3.63, 3.8) is 0 Å². The highest BCUT2D eigenvalue weighted by Crippen LogP contribution is 2.40. The van der Waals surface area contributed by atoms with Crippen LogP contribution in [0, 0.1) is 29.6 Å². The van der Waals surface area contributed by atoms with Gasteiger partial charge in [-0.3, -0.25) is 0 Å². The Morgan fingerprint density at radius 3 is 2.00 bits per heavy atom. The molecule has 190 valence electrons. The minimum Gasteiger partial charge on any atom is -0.413 e. The molecular weight excluding hydrogens is 416 g/mol. The van der Waals surface area contributed by atoms with Crippen molar-refractivity contribution in [3.05, 3.63) is 24.8 Å². The number of rotatable bonds is 15. The Bertz CT molecular complexity index is 554. The maximum Gasteiger partial charge on any atom is 0.192 e. The molecule has 0 aliphatic carbocycles. The number of aliphatic hydroxyl groups is 3. The lowest BCUT2D eigenvalue weighted by atomic mass is 9.83. The second kappa shape index (κ2) is 14.1. The van der Waals surface area contributed by atoms with Gasteiger partial charge in [-0.2, -0.15) is 0 Å². The van der Waals surface area contributed by atoms with Crippen LogP contribution in [-0.4, -0.2) is 48.6 Å². The molecule has 8 atom stereocenters. The first kappa shape index (κ1) is 31.5. The molecule has 0 amide bonds. The van der Waals surface area contributed by atoms with Gasteiger partial charge in [0.05, 0.1) is 18.3 Å². The monoisotopic (exact) mass is 470 g/mol. The first-order valence-electron chi connectivity index (χ1n) is 12.5. The zero-order chi connectivity index (χ0) is 25.3. The lowest BCUT2D eigenvalue weighted by Gasteiger charge is -2.43. The third-order valence-corrected chi connectivity index (χ3v) is 12.1. The molecule has 0 rings (SSSR count). The topological polar surface area (TPSA) is 69.9 Å². The van der Waals surface area contributed by atoms with Crippen molar-refractivity contribution in [2.24, 2.45) is 29.6 Å². The van der Waals surface area contributed by atoms with Crippen LogP contribution >= 0.6 is 0 Å². The summed E-state index contributed by atoms with van der Waals surface area (Å²) in [7, 11) is -1.94. The molecule has 4 nitrogen and oxygen atoms in total. The molecule has 0 aromatic carbocycles. The Morgan fingerprint density at radius 2 is 1.53 bits per heavy atom. The molecule has 0 bridgehead atoms. The van der Waals surface area contributed by atoms with Crippen LogP contribution < -0.4 is 0 Å². The summed E-state index contributed by atoms with van der Waals surface area (Å²) in [6.07, 6.45) is 6.96. The van der Waals surface area contributed by atoms with Crippen molar-refractivity contribution >= 4 is 8.32 Å². The average Bonchev–Trinajstić information content (AvgIpc) is 2.71. The average molecular weight is 471 g/mol. The highest BCUT2D eigenvalue weighted by atomic mass is 28.4.